The fourth-order valence-corrected chi connectivity index (χ4v) is 4.27. The van der Waals surface area contributed by atoms with E-state index in [0.29, 0.717) is 11.3 Å². The van der Waals surface area contributed by atoms with Gasteiger partial charge < -0.3 is 10.3 Å². The van der Waals surface area contributed by atoms with E-state index in [-0.39, 0.29) is 5.54 Å². The molecule has 112 valence electrons. The van der Waals surface area contributed by atoms with Crippen LogP contribution in [0, 0.1) is 17.3 Å². The maximum Gasteiger partial charge on any atom is 0.226 e. The molecule has 0 aliphatic heterocycles. The molecule has 2 unspecified atom stereocenters. The average molecular weight is 277 g/mol. The Kier molecular flexibility index (Phi) is 3.39. The minimum absolute atomic E-state index is 0.305. The Bertz CT molecular complexity index is 476. The van der Waals surface area contributed by atoms with Crippen molar-refractivity contribution in [1.82, 2.24) is 10.1 Å². The topological polar surface area (TPSA) is 64.9 Å². The summed E-state index contributed by atoms with van der Waals surface area (Å²) in [5, 5.41) is 4.12. The monoisotopic (exact) mass is 277 g/mol. The summed E-state index contributed by atoms with van der Waals surface area (Å²) in [6, 6.07) is 0. The van der Waals surface area contributed by atoms with Crippen molar-refractivity contribution in [2.75, 3.05) is 0 Å². The third-order valence-electron chi connectivity index (χ3n) is 5.10. The summed E-state index contributed by atoms with van der Waals surface area (Å²) >= 11 is 0. The van der Waals surface area contributed by atoms with Gasteiger partial charge in [-0.25, -0.2) is 0 Å². The van der Waals surface area contributed by atoms with Gasteiger partial charge in [-0.3, -0.25) is 0 Å². The minimum atomic E-state index is -0.305. The molecule has 0 aromatic carbocycles. The summed E-state index contributed by atoms with van der Waals surface area (Å²) in [6.45, 7) is 7.10. The first-order chi connectivity index (χ1) is 9.36. The SMILES string of the molecule is CC1CC(Cc2nc(C3(N)CCC3)no2)CC(C)(C)C1. The fourth-order valence-electron chi connectivity index (χ4n) is 4.27. The smallest absolute Gasteiger partial charge is 0.226 e. The van der Waals surface area contributed by atoms with Gasteiger partial charge in [0.2, 0.25) is 5.89 Å². The van der Waals surface area contributed by atoms with Crippen LogP contribution in [0.3, 0.4) is 0 Å². The highest BCUT2D eigenvalue weighted by Crippen LogP contribution is 2.43. The fraction of sp³-hybridized carbons (Fsp3) is 0.875. The molecule has 1 heterocycles. The lowest BCUT2D eigenvalue weighted by Gasteiger charge is -2.38. The number of rotatable bonds is 3. The second-order valence-corrected chi connectivity index (χ2v) is 8.00. The van der Waals surface area contributed by atoms with E-state index >= 15 is 0 Å². The van der Waals surface area contributed by atoms with Gasteiger partial charge in [0.25, 0.3) is 0 Å². The third-order valence-corrected chi connectivity index (χ3v) is 5.10. The summed E-state index contributed by atoms with van der Waals surface area (Å²) in [4.78, 5) is 4.57. The number of hydrogen-bond donors (Lipinski definition) is 1. The lowest BCUT2D eigenvalue weighted by molar-refractivity contribution is 0.127. The summed E-state index contributed by atoms with van der Waals surface area (Å²) in [6.07, 6.45) is 7.91. The van der Waals surface area contributed by atoms with Crippen molar-refractivity contribution in [3.05, 3.63) is 11.7 Å². The van der Waals surface area contributed by atoms with Crippen LogP contribution in [-0.2, 0) is 12.0 Å². The molecular weight excluding hydrogens is 250 g/mol. The van der Waals surface area contributed by atoms with Crippen LogP contribution in [0.2, 0.25) is 0 Å². The predicted molar refractivity (Wildman–Crippen MR) is 78.0 cm³/mol. The Labute approximate surface area is 121 Å². The Morgan fingerprint density at radius 3 is 2.65 bits per heavy atom. The molecule has 2 fully saturated rings. The molecule has 3 rings (SSSR count). The molecule has 20 heavy (non-hydrogen) atoms. The van der Waals surface area contributed by atoms with Crippen molar-refractivity contribution >= 4 is 0 Å². The zero-order chi connectivity index (χ0) is 14.4. The first kappa shape index (κ1) is 14.1. The second kappa shape index (κ2) is 4.83. The molecule has 2 atom stereocenters. The molecule has 0 amide bonds. The van der Waals surface area contributed by atoms with Crippen LogP contribution < -0.4 is 5.73 Å². The molecule has 0 spiro atoms. The first-order valence-electron chi connectivity index (χ1n) is 7.98. The van der Waals surface area contributed by atoms with E-state index in [1.165, 1.54) is 25.7 Å². The zero-order valence-electron chi connectivity index (χ0n) is 13.0. The number of nitrogens with two attached hydrogens (primary N) is 1. The van der Waals surface area contributed by atoms with Gasteiger partial charge in [0.05, 0.1) is 5.54 Å². The molecule has 4 nitrogen and oxygen atoms in total. The van der Waals surface area contributed by atoms with Gasteiger partial charge >= 0.3 is 0 Å². The molecule has 1 aromatic rings. The van der Waals surface area contributed by atoms with Crippen molar-refractivity contribution in [2.45, 2.75) is 71.3 Å². The Balaban J connectivity index is 1.66. The van der Waals surface area contributed by atoms with Crippen LogP contribution in [0.1, 0.15) is 71.0 Å². The molecular formula is C16H27N3O. The molecule has 2 N–H and O–H groups in total. The summed E-state index contributed by atoms with van der Waals surface area (Å²) in [5.41, 5.74) is 6.38. The van der Waals surface area contributed by atoms with Gasteiger partial charge in [-0.1, -0.05) is 25.9 Å². The first-order valence-corrected chi connectivity index (χ1v) is 7.98. The molecule has 2 aliphatic rings. The van der Waals surface area contributed by atoms with Crippen LogP contribution in [0.25, 0.3) is 0 Å². The molecule has 0 saturated heterocycles. The highest BCUT2D eigenvalue weighted by atomic mass is 16.5. The highest BCUT2D eigenvalue weighted by Gasteiger charge is 2.39. The van der Waals surface area contributed by atoms with Gasteiger partial charge in [0, 0.05) is 6.42 Å². The molecule has 2 saturated carbocycles. The van der Waals surface area contributed by atoms with Gasteiger partial charge in [-0.05, 0) is 55.8 Å². The molecule has 4 heteroatoms. The maximum absolute atomic E-state index is 6.25. The van der Waals surface area contributed by atoms with Gasteiger partial charge in [-0.2, -0.15) is 4.98 Å². The van der Waals surface area contributed by atoms with Crippen LogP contribution in [0.15, 0.2) is 4.52 Å². The van der Waals surface area contributed by atoms with E-state index in [4.69, 9.17) is 10.3 Å². The zero-order valence-corrected chi connectivity index (χ0v) is 13.0. The normalized spacial score (nSPS) is 31.8. The molecule has 0 radical (unpaired) electrons. The molecule has 1 aromatic heterocycles. The quantitative estimate of drug-likeness (QED) is 0.919. The van der Waals surface area contributed by atoms with Crippen molar-refractivity contribution in [1.29, 1.82) is 0 Å². The van der Waals surface area contributed by atoms with Crippen LogP contribution >= 0.6 is 0 Å². The van der Waals surface area contributed by atoms with Crippen molar-refractivity contribution in [3.63, 3.8) is 0 Å². The Morgan fingerprint density at radius 2 is 2.05 bits per heavy atom. The van der Waals surface area contributed by atoms with E-state index in [0.717, 1.165) is 36.9 Å². The number of aromatic nitrogens is 2. The van der Waals surface area contributed by atoms with E-state index < -0.39 is 0 Å². The highest BCUT2D eigenvalue weighted by molar-refractivity contribution is 5.09. The largest absolute Gasteiger partial charge is 0.339 e. The Morgan fingerprint density at radius 1 is 1.30 bits per heavy atom. The Hall–Kier alpha value is -0.900. The van der Waals surface area contributed by atoms with E-state index in [1.54, 1.807) is 0 Å². The second-order valence-electron chi connectivity index (χ2n) is 8.00. The van der Waals surface area contributed by atoms with Crippen LogP contribution in [0.4, 0.5) is 0 Å². The summed E-state index contributed by atoms with van der Waals surface area (Å²) in [5.74, 6) is 2.96. The number of hydrogen-bond acceptors (Lipinski definition) is 4. The summed E-state index contributed by atoms with van der Waals surface area (Å²) < 4.78 is 5.45. The average Bonchev–Trinajstić information content (AvgIpc) is 2.71. The van der Waals surface area contributed by atoms with E-state index in [9.17, 15) is 0 Å². The van der Waals surface area contributed by atoms with E-state index in [2.05, 4.69) is 30.9 Å². The van der Waals surface area contributed by atoms with Crippen LogP contribution in [0.5, 0.6) is 0 Å². The maximum atomic E-state index is 6.25. The third kappa shape index (κ3) is 2.76. The van der Waals surface area contributed by atoms with Gasteiger partial charge in [-0.15, -0.1) is 0 Å². The standard InChI is InChI=1S/C16H27N3O/c1-11-7-12(10-15(2,3)9-11)8-13-18-14(19-20-13)16(17)5-4-6-16/h11-12H,4-10,17H2,1-3H3. The summed E-state index contributed by atoms with van der Waals surface area (Å²) in [7, 11) is 0. The lowest BCUT2D eigenvalue weighted by atomic mass is 9.67. The van der Waals surface area contributed by atoms with Gasteiger partial charge in [0.15, 0.2) is 5.82 Å². The predicted octanol–water partition coefficient (Wildman–Crippen LogP) is 3.41. The van der Waals surface area contributed by atoms with Crippen LogP contribution in [-0.4, -0.2) is 10.1 Å². The number of nitrogens with zero attached hydrogens (tertiary/aromatic N) is 2. The van der Waals surface area contributed by atoms with E-state index in [1.807, 2.05) is 0 Å². The van der Waals surface area contributed by atoms with Gasteiger partial charge in [0.1, 0.15) is 0 Å². The van der Waals surface area contributed by atoms with Crippen molar-refractivity contribution < 1.29 is 4.52 Å². The van der Waals surface area contributed by atoms with Crippen molar-refractivity contribution in [3.8, 4) is 0 Å². The molecule has 2 aliphatic carbocycles. The lowest BCUT2D eigenvalue weighted by Crippen LogP contribution is -2.44. The minimum Gasteiger partial charge on any atom is -0.339 e. The molecule has 0 bridgehead atoms. The van der Waals surface area contributed by atoms with Crippen molar-refractivity contribution in [2.24, 2.45) is 23.0 Å².